The van der Waals surface area contributed by atoms with E-state index in [2.05, 4.69) is 10.1 Å². The molecular formula is C16H14N6O6. The third-order valence-corrected chi connectivity index (χ3v) is 3.86. The van der Waals surface area contributed by atoms with Crippen molar-refractivity contribution in [3.8, 4) is 11.4 Å². The van der Waals surface area contributed by atoms with E-state index in [-0.39, 0.29) is 17.1 Å². The fraction of sp³-hybridized carbons (Fsp3) is 0.125. The third kappa shape index (κ3) is 3.25. The van der Waals surface area contributed by atoms with Crippen molar-refractivity contribution in [3.05, 3.63) is 73.7 Å². The Morgan fingerprint density at radius 3 is 2.46 bits per heavy atom. The molecule has 3 rings (SSSR count). The number of para-hydroxylation sites is 1. The van der Waals surface area contributed by atoms with E-state index in [1.165, 1.54) is 19.2 Å². The molecule has 144 valence electrons. The molecule has 0 fully saturated rings. The molecule has 0 amide bonds. The first-order chi connectivity index (χ1) is 13.3. The van der Waals surface area contributed by atoms with E-state index in [0.717, 1.165) is 10.9 Å². The first kappa shape index (κ1) is 18.6. The predicted molar refractivity (Wildman–Crippen MR) is 95.0 cm³/mol. The maximum Gasteiger partial charge on any atom is 0.438 e. The molecule has 0 unspecified atom stereocenters. The van der Waals surface area contributed by atoms with Gasteiger partial charge in [-0.3, -0.25) is 10.1 Å². The molecule has 1 heterocycles. The molecule has 0 saturated carbocycles. The van der Waals surface area contributed by atoms with Gasteiger partial charge in [0.2, 0.25) is 0 Å². The molecule has 0 bridgehead atoms. The summed E-state index contributed by atoms with van der Waals surface area (Å²) in [5.41, 5.74) is 0.194. The van der Waals surface area contributed by atoms with Crippen LogP contribution in [0.25, 0.3) is 5.69 Å². The number of nitro groups is 2. The molecule has 0 spiro atoms. The number of benzene rings is 2. The van der Waals surface area contributed by atoms with Gasteiger partial charge in [-0.1, -0.05) is 23.0 Å². The van der Waals surface area contributed by atoms with Crippen LogP contribution in [0.5, 0.6) is 5.75 Å². The van der Waals surface area contributed by atoms with E-state index in [9.17, 15) is 25.4 Å². The van der Waals surface area contributed by atoms with Gasteiger partial charge in [0.25, 0.3) is 11.2 Å². The Kier molecular flexibility index (Phi) is 4.76. The minimum atomic E-state index is -0.815. The van der Waals surface area contributed by atoms with Gasteiger partial charge in [0.1, 0.15) is 17.1 Å². The number of hydrogen-bond acceptors (Lipinski definition) is 8. The molecule has 1 N–H and O–H groups in total. The largest absolute Gasteiger partial charge is 0.494 e. The number of ether oxygens (including phenoxy) is 1. The molecule has 12 nitrogen and oxygen atoms in total. The van der Waals surface area contributed by atoms with Crippen LogP contribution >= 0.6 is 0 Å². The standard InChI is InChI=1S/C16H14N6O6/c1-10-5-3-4-6-13(10)19-18-16(22(26)27)15(20(19)23)17-12-9-11(21(24)25)7-8-14(12)28-2/h3-9,23H,1-2H3. The molecule has 3 aromatic rings. The molecule has 28 heavy (non-hydrogen) atoms. The molecule has 0 aliphatic heterocycles. The highest BCUT2D eigenvalue weighted by Crippen LogP contribution is 2.31. The highest BCUT2D eigenvalue weighted by atomic mass is 16.6. The Balaban J connectivity index is 2.31. The zero-order valence-corrected chi connectivity index (χ0v) is 14.7. The van der Waals surface area contributed by atoms with Crippen LogP contribution in [0.2, 0.25) is 0 Å². The highest BCUT2D eigenvalue weighted by molar-refractivity contribution is 5.57. The lowest BCUT2D eigenvalue weighted by atomic mass is 10.2. The third-order valence-electron chi connectivity index (χ3n) is 3.86. The molecular weight excluding hydrogens is 372 g/mol. The van der Waals surface area contributed by atoms with Gasteiger partial charge < -0.3 is 20.1 Å². The number of nitro benzene ring substituents is 1. The molecule has 12 heteroatoms. The van der Waals surface area contributed by atoms with Crippen LogP contribution in [0, 0.1) is 27.2 Å². The second kappa shape index (κ2) is 7.19. The Morgan fingerprint density at radius 1 is 1.14 bits per heavy atom. The van der Waals surface area contributed by atoms with Crippen LogP contribution in [0.3, 0.4) is 0 Å². The summed E-state index contributed by atoms with van der Waals surface area (Å²) in [5.74, 6) is -0.608. The number of aryl methyl sites for hydroxylation is 1. The van der Waals surface area contributed by atoms with Gasteiger partial charge in [0.15, 0.2) is 0 Å². The van der Waals surface area contributed by atoms with Crippen molar-refractivity contribution in [2.45, 2.75) is 6.92 Å². The van der Waals surface area contributed by atoms with Gasteiger partial charge in [-0.2, -0.15) is 0 Å². The zero-order chi connectivity index (χ0) is 20.4. The van der Waals surface area contributed by atoms with Crippen molar-refractivity contribution in [1.29, 1.82) is 0 Å². The van der Waals surface area contributed by atoms with Gasteiger partial charge in [0, 0.05) is 12.1 Å². The van der Waals surface area contributed by atoms with Crippen molar-refractivity contribution < 1.29 is 19.8 Å². The van der Waals surface area contributed by atoms with Gasteiger partial charge in [-0.25, -0.2) is 4.99 Å². The monoisotopic (exact) mass is 386 g/mol. The van der Waals surface area contributed by atoms with Crippen LogP contribution in [0.15, 0.2) is 47.5 Å². The molecule has 2 aromatic carbocycles. The fourth-order valence-corrected chi connectivity index (χ4v) is 2.51. The van der Waals surface area contributed by atoms with Crippen LogP contribution in [0.4, 0.5) is 17.2 Å². The van der Waals surface area contributed by atoms with Crippen LogP contribution < -0.4 is 10.2 Å². The van der Waals surface area contributed by atoms with Gasteiger partial charge >= 0.3 is 5.82 Å². The highest BCUT2D eigenvalue weighted by Gasteiger charge is 2.25. The van der Waals surface area contributed by atoms with Crippen molar-refractivity contribution in [1.82, 2.24) is 14.7 Å². The summed E-state index contributed by atoms with van der Waals surface area (Å²) in [6.45, 7) is 1.74. The molecule has 0 aliphatic rings. The lowest BCUT2D eigenvalue weighted by Crippen LogP contribution is -2.22. The van der Waals surface area contributed by atoms with Crippen molar-refractivity contribution >= 4 is 17.2 Å². The summed E-state index contributed by atoms with van der Waals surface area (Å²) in [6.07, 6.45) is 0. The van der Waals surface area contributed by atoms with Crippen molar-refractivity contribution in [2.75, 3.05) is 7.11 Å². The average molecular weight is 386 g/mol. The summed E-state index contributed by atoms with van der Waals surface area (Å²) >= 11 is 0. The van der Waals surface area contributed by atoms with Gasteiger partial charge in [0.05, 0.1) is 17.1 Å². The van der Waals surface area contributed by atoms with E-state index < -0.39 is 21.2 Å². The van der Waals surface area contributed by atoms with Crippen LogP contribution in [-0.4, -0.2) is 36.9 Å². The Labute approximate surface area is 156 Å². The van der Waals surface area contributed by atoms with Gasteiger partial charge in [-0.05, 0) is 34.3 Å². The first-order valence-electron chi connectivity index (χ1n) is 7.82. The first-order valence-corrected chi connectivity index (χ1v) is 7.82. The minimum absolute atomic E-state index is 0.0769. The van der Waals surface area contributed by atoms with Gasteiger partial charge in [-0.15, -0.1) is 0 Å². The molecule has 0 atom stereocenters. The zero-order valence-electron chi connectivity index (χ0n) is 14.7. The number of nitrogens with zero attached hydrogens (tertiary/aromatic N) is 6. The molecule has 1 aromatic heterocycles. The second-order valence-corrected chi connectivity index (χ2v) is 5.59. The number of rotatable bonds is 5. The Bertz CT molecular complexity index is 1150. The fourth-order valence-electron chi connectivity index (χ4n) is 2.51. The molecule has 0 saturated heterocycles. The summed E-state index contributed by atoms with van der Waals surface area (Å²) in [4.78, 5) is 26.3. The molecule has 0 aliphatic carbocycles. The smallest absolute Gasteiger partial charge is 0.438 e. The SMILES string of the molecule is COc1ccc([N+](=O)[O-])cc1N=c1c([N+](=O)[O-])nn(-c2ccccc2C)n1O. The van der Waals surface area contributed by atoms with Crippen LogP contribution in [0.1, 0.15) is 5.56 Å². The maximum atomic E-state index is 11.4. The van der Waals surface area contributed by atoms with E-state index >= 15 is 0 Å². The van der Waals surface area contributed by atoms with E-state index in [0.29, 0.717) is 16.1 Å². The van der Waals surface area contributed by atoms with Crippen LogP contribution in [-0.2, 0) is 0 Å². The summed E-state index contributed by atoms with van der Waals surface area (Å²) in [6, 6.07) is 10.4. The lowest BCUT2D eigenvalue weighted by molar-refractivity contribution is -0.391. The summed E-state index contributed by atoms with van der Waals surface area (Å²) in [5, 5.41) is 36.7. The minimum Gasteiger partial charge on any atom is -0.494 e. The lowest BCUT2D eigenvalue weighted by Gasteiger charge is -2.04. The Morgan fingerprint density at radius 2 is 1.86 bits per heavy atom. The number of aromatic nitrogens is 3. The summed E-state index contributed by atoms with van der Waals surface area (Å²) < 4.78 is 5.10. The topological polar surface area (TPSA) is 151 Å². The van der Waals surface area contributed by atoms with Crippen molar-refractivity contribution in [3.63, 3.8) is 0 Å². The number of hydrogen-bond donors (Lipinski definition) is 1. The predicted octanol–water partition coefficient (Wildman–Crippen LogP) is 2.28. The van der Waals surface area contributed by atoms with E-state index in [1.807, 2.05) is 0 Å². The van der Waals surface area contributed by atoms with Crippen molar-refractivity contribution in [2.24, 2.45) is 4.99 Å². The molecule has 0 radical (unpaired) electrons. The number of non-ortho nitro benzene ring substituents is 1. The summed E-state index contributed by atoms with van der Waals surface area (Å²) in [7, 11) is 1.32. The van der Waals surface area contributed by atoms with E-state index in [4.69, 9.17) is 4.74 Å². The normalized spacial score (nSPS) is 11.4. The quantitative estimate of drug-likeness (QED) is 0.401. The second-order valence-electron chi connectivity index (χ2n) is 5.59. The Hall–Kier alpha value is -4.22. The average Bonchev–Trinajstić information content (AvgIpc) is 2.98. The number of methoxy groups -OCH3 is 1. The maximum absolute atomic E-state index is 11.4. The van der Waals surface area contributed by atoms with E-state index in [1.54, 1.807) is 31.2 Å².